The molecule has 0 aliphatic carbocycles. The minimum atomic E-state index is -3.74. The Morgan fingerprint density at radius 1 is 0.718 bits per heavy atom. The number of hydrogen-bond donors (Lipinski definition) is 1. The van der Waals surface area contributed by atoms with Crippen LogP contribution in [-0.4, -0.2) is 69.3 Å². The summed E-state index contributed by atoms with van der Waals surface area (Å²) >= 11 is 0. The number of rotatable bonds is 29. The fraction of sp³-hybridized carbons (Fsp3) is 0.938. The smallest absolute Gasteiger partial charge is 0.379 e. The minimum Gasteiger partial charge on any atom is -0.379 e. The molecule has 0 fully saturated rings. The lowest BCUT2D eigenvalue weighted by Crippen LogP contribution is -2.45. The normalized spacial score (nSPS) is 15.6. The van der Waals surface area contributed by atoms with Crippen LogP contribution < -0.4 is 0 Å². The van der Waals surface area contributed by atoms with Gasteiger partial charge in [0.1, 0.15) is 6.10 Å². The molecule has 0 aliphatic heterocycles. The predicted octanol–water partition coefficient (Wildman–Crippen LogP) is 9.26. The van der Waals surface area contributed by atoms with Crippen LogP contribution in [0, 0.1) is 0 Å². The van der Waals surface area contributed by atoms with Crippen LogP contribution >= 0.6 is 7.60 Å². The Balaban J connectivity index is 3.59. The maximum Gasteiger partial charge on any atom is 0.385 e. The number of ether oxygens (including phenoxy) is 2. The number of methoxy groups -OCH3 is 1. The molecule has 0 saturated carbocycles. The van der Waals surface area contributed by atoms with Crippen molar-refractivity contribution >= 4 is 7.60 Å². The van der Waals surface area contributed by atoms with Crippen molar-refractivity contribution in [2.24, 2.45) is 0 Å². The van der Waals surface area contributed by atoms with Crippen molar-refractivity contribution < 1.29 is 27.9 Å². The second-order valence-corrected chi connectivity index (χ2v) is 14.1. The average molecular weight is 577 g/mol. The highest BCUT2D eigenvalue weighted by Gasteiger charge is 2.41. The molecule has 0 radical (unpaired) electrons. The Kier molecular flexibility index (Phi) is 25.3. The van der Waals surface area contributed by atoms with E-state index >= 15 is 0 Å². The van der Waals surface area contributed by atoms with E-state index in [0.717, 1.165) is 19.3 Å². The lowest BCUT2D eigenvalue weighted by molar-refractivity contribution is -0.883. The number of quaternary nitrogens is 1. The second kappa shape index (κ2) is 25.5. The largest absolute Gasteiger partial charge is 0.385 e. The molecule has 0 aromatic heterocycles. The third kappa shape index (κ3) is 23.1. The number of allylic oxidation sites excluding steroid dienone is 2. The molecule has 0 heterocycles. The highest BCUT2D eigenvalue weighted by Crippen LogP contribution is 2.51. The monoisotopic (exact) mass is 576 g/mol. The highest BCUT2D eigenvalue weighted by molar-refractivity contribution is 7.53. The van der Waals surface area contributed by atoms with Crippen LogP contribution in [0.4, 0.5) is 0 Å². The predicted molar refractivity (Wildman–Crippen MR) is 167 cm³/mol. The van der Waals surface area contributed by atoms with E-state index in [1.807, 2.05) is 28.1 Å². The Morgan fingerprint density at radius 2 is 1.18 bits per heavy atom. The van der Waals surface area contributed by atoms with Crippen molar-refractivity contribution in [3.63, 3.8) is 0 Å². The fourth-order valence-electron chi connectivity index (χ4n) is 5.05. The van der Waals surface area contributed by atoms with Crippen molar-refractivity contribution in [2.75, 3.05) is 48.1 Å². The lowest BCUT2D eigenvalue weighted by atomic mass is 10.0. The third-order valence-electron chi connectivity index (χ3n) is 7.52. The van der Waals surface area contributed by atoms with Crippen LogP contribution in [0.3, 0.4) is 0 Å². The van der Waals surface area contributed by atoms with Gasteiger partial charge in [-0.3, -0.25) is 4.57 Å². The molecule has 0 spiro atoms. The first-order chi connectivity index (χ1) is 18.7. The van der Waals surface area contributed by atoms with Crippen molar-refractivity contribution in [1.29, 1.82) is 0 Å². The van der Waals surface area contributed by atoms with Gasteiger partial charge in [-0.15, -0.1) is 0 Å². The molecule has 234 valence electrons. The van der Waals surface area contributed by atoms with Gasteiger partial charge >= 0.3 is 7.60 Å². The van der Waals surface area contributed by atoms with Crippen LogP contribution in [0.5, 0.6) is 0 Å². The van der Waals surface area contributed by atoms with Gasteiger partial charge in [0.15, 0.2) is 5.78 Å². The van der Waals surface area contributed by atoms with Gasteiger partial charge in [-0.1, -0.05) is 109 Å². The summed E-state index contributed by atoms with van der Waals surface area (Å²) in [6.45, 7) is 5.30. The van der Waals surface area contributed by atoms with E-state index in [2.05, 4.69) is 19.1 Å². The number of nitrogens with zero attached hydrogens (tertiary/aromatic N) is 1. The van der Waals surface area contributed by atoms with Crippen molar-refractivity contribution in [3.05, 3.63) is 12.2 Å². The topological polar surface area (TPSA) is 65.0 Å². The summed E-state index contributed by atoms with van der Waals surface area (Å²) in [7, 11) is 3.57. The first-order valence-electron chi connectivity index (χ1n) is 16.2. The highest BCUT2D eigenvalue weighted by atomic mass is 31.2. The molecule has 0 aromatic carbocycles. The molecule has 0 saturated heterocycles. The van der Waals surface area contributed by atoms with Crippen LogP contribution in [0.15, 0.2) is 12.2 Å². The maximum atomic E-state index is 12.7. The van der Waals surface area contributed by atoms with E-state index in [9.17, 15) is 9.46 Å². The number of hydrogen-bond acceptors (Lipinski definition) is 4. The summed E-state index contributed by atoms with van der Waals surface area (Å²) in [6, 6.07) is 0. The summed E-state index contributed by atoms with van der Waals surface area (Å²) in [5.74, 6) is -0.459. The first-order valence-corrected chi connectivity index (χ1v) is 17.9. The van der Waals surface area contributed by atoms with E-state index in [4.69, 9.17) is 14.0 Å². The van der Waals surface area contributed by atoms with Gasteiger partial charge in [0, 0.05) is 20.1 Å². The molecule has 1 N–H and O–H groups in total. The zero-order valence-corrected chi connectivity index (χ0v) is 27.7. The molecular formula is C32H67NO5P+. The summed E-state index contributed by atoms with van der Waals surface area (Å²) < 4.78 is 29.7. The Hall–Kier alpha value is -0.230. The Labute approximate surface area is 243 Å². The Morgan fingerprint density at radius 3 is 1.62 bits per heavy atom. The van der Waals surface area contributed by atoms with Crippen molar-refractivity contribution in [1.82, 2.24) is 0 Å². The first kappa shape index (κ1) is 38.8. The molecule has 0 rings (SSSR count). The van der Waals surface area contributed by atoms with Gasteiger partial charge in [-0.2, -0.15) is 0 Å². The molecule has 7 heteroatoms. The lowest BCUT2D eigenvalue weighted by Gasteiger charge is -2.35. The van der Waals surface area contributed by atoms with E-state index in [1.165, 1.54) is 96.3 Å². The summed E-state index contributed by atoms with van der Waals surface area (Å²) in [6.07, 6.45) is 29.0. The van der Waals surface area contributed by atoms with E-state index in [0.29, 0.717) is 24.1 Å². The van der Waals surface area contributed by atoms with Crippen molar-refractivity contribution in [2.45, 2.75) is 148 Å². The Bertz CT molecular complexity index is 608. The van der Waals surface area contributed by atoms with E-state index < -0.39 is 13.4 Å². The molecule has 0 bridgehead atoms. The van der Waals surface area contributed by atoms with Gasteiger partial charge < -0.3 is 23.4 Å². The number of unbranched alkanes of at least 4 members (excludes halogenated alkanes) is 16. The quantitative estimate of drug-likeness (QED) is 0.0416. The van der Waals surface area contributed by atoms with Crippen LogP contribution in [0.1, 0.15) is 136 Å². The summed E-state index contributed by atoms with van der Waals surface area (Å²) in [5.41, 5.74) is 0. The molecule has 39 heavy (non-hydrogen) atoms. The third-order valence-corrected chi connectivity index (χ3v) is 9.85. The summed E-state index contributed by atoms with van der Waals surface area (Å²) in [5, 5.41) is 0. The van der Waals surface area contributed by atoms with Gasteiger partial charge in [-0.05, 0) is 32.1 Å². The van der Waals surface area contributed by atoms with E-state index in [-0.39, 0.29) is 12.7 Å². The second-order valence-electron chi connectivity index (χ2n) is 12.1. The summed E-state index contributed by atoms with van der Waals surface area (Å²) in [4.78, 5) is 10.4. The molecule has 3 atom stereocenters. The zero-order chi connectivity index (χ0) is 29.2. The molecule has 0 aliphatic rings. The molecule has 0 amide bonds. The van der Waals surface area contributed by atoms with Crippen LogP contribution in [0.25, 0.3) is 0 Å². The SMILES string of the molecule is CCCCCCCCCCCCCCC/C=C\CCCCCOC[C@H](COP(=O)(O)C(CC)[N+](C)(C)C)OC. The van der Waals surface area contributed by atoms with Gasteiger partial charge in [0.2, 0.25) is 0 Å². The van der Waals surface area contributed by atoms with Gasteiger partial charge in [-0.25, -0.2) is 0 Å². The van der Waals surface area contributed by atoms with Crippen molar-refractivity contribution in [3.8, 4) is 0 Å². The van der Waals surface area contributed by atoms with E-state index in [1.54, 1.807) is 7.11 Å². The zero-order valence-electron chi connectivity index (χ0n) is 26.8. The van der Waals surface area contributed by atoms with Gasteiger partial charge in [0.05, 0.1) is 34.4 Å². The molecule has 0 aromatic rings. The van der Waals surface area contributed by atoms with Crippen LogP contribution in [-0.2, 0) is 18.6 Å². The van der Waals surface area contributed by atoms with Gasteiger partial charge in [0.25, 0.3) is 0 Å². The minimum absolute atomic E-state index is 0.0603. The van der Waals surface area contributed by atoms with Crippen LogP contribution in [0.2, 0.25) is 0 Å². The maximum absolute atomic E-state index is 12.7. The molecule has 6 nitrogen and oxygen atoms in total. The molecular weight excluding hydrogens is 509 g/mol. The standard InChI is InChI=1S/C32H66NO5P/c1-7-9-10-11-12-13-14-15-16-17-18-19-20-21-22-23-24-25-26-27-28-37-29-31(36-6)30-38-39(34,35)32(8-2)33(3,4)5/h22-23,31-32H,7-21,24-30H2,1-6H3/p+1/b23-22-/t31-,32?/m1/s1. The fourth-order valence-corrected chi connectivity index (χ4v) is 6.94. The average Bonchev–Trinajstić information content (AvgIpc) is 2.88. The molecule has 2 unspecified atom stereocenters.